The molecular weight excluding hydrogens is 489 g/mol. The van der Waals surface area contributed by atoms with Gasteiger partial charge in [-0.2, -0.15) is 13.2 Å². The number of hydrogen-bond acceptors (Lipinski definition) is 6. The van der Waals surface area contributed by atoms with Gasteiger partial charge in [0.2, 0.25) is 5.91 Å². The van der Waals surface area contributed by atoms with Crippen LogP contribution in [0.4, 0.5) is 19.0 Å². The Morgan fingerprint density at radius 2 is 1.94 bits per heavy atom. The van der Waals surface area contributed by atoms with Gasteiger partial charge in [-0.1, -0.05) is 6.07 Å². The largest absolute Gasteiger partial charge is 0.478 e. The van der Waals surface area contributed by atoms with Gasteiger partial charge in [0, 0.05) is 19.1 Å². The van der Waals surface area contributed by atoms with Crippen molar-refractivity contribution in [3.05, 3.63) is 53.2 Å². The third kappa shape index (κ3) is 6.57. The molecule has 12 heteroatoms. The van der Waals surface area contributed by atoms with Crippen LogP contribution in [0.2, 0.25) is 0 Å². The van der Waals surface area contributed by atoms with Crippen LogP contribution < -0.4 is 5.32 Å². The number of sulfone groups is 1. The number of pyridine rings is 1. The third-order valence-corrected chi connectivity index (χ3v) is 7.03. The smallest absolute Gasteiger partial charge is 0.417 e. The van der Waals surface area contributed by atoms with Crippen LogP contribution in [-0.2, 0) is 25.5 Å². The van der Waals surface area contributed by atoms with Gasteiger partial charge in [-0.05, 0) is 62.4 Å². The number of rotatable bonds is 7. The Morgan fingerprint density at radius 1 is 1.23 bits per heavy atom. The topological polar surface area (TPSA) is 123 Å². The molecule has 35 heavy (non-hydrogen) atoms. The Hall–Kier alpha value is -2.99. The summed E-state index contributed by atoms with van der Waals surface area (Å²) in [6.07, 6.45) is -0.949. The minimum absolute atomic E-state index is 0.0171. The van der Waals surface area contributed by atoms with E-state index in [1.165, 1.54) is 18.2 Å². The fourth-order valence-electron chi connectivity index (χ4n) is 4.06. The number of aromatic nitrogens is 1. The number of aromatic carboxylic acids is 1. The van der Waals surface area contributed by atoms with E-state index < -0.39 is 49.9 Å². The van der Waals surface area contributed by atoms with Crippen molar-refractivity contribution in [2.45, 2.75) is 55.2 Å². The van der Waals surface area contributed by atoms with Gasteiger partial charge in [0.25, 0.3) is 0 Å². The normalized spacial score (nSPS) is 19.7. The average Bonchev–Trinajstić information content (AvgIpc) is 2.77. The molecule has 3 rings (SSSR count). The molecule has 1 fully saturated rings. The number of carbonyl (C=O) groups excluding carboxylic acids is 1. The number of carbonyl (C=O) groups is 2. The van der Waals surface area contributed by atoms with Gasteiger partial charge in [-0.15, -0.1) is 0 Å². The highest BCUT2D eigenvalue weighted by molar-refractivity contribution is 7.90. The van der Waals surface area contributed by atoms with E-state index >= 15 is 0 Å². The molecule has 2 unspecified atom stereocenters. The lowest BCUT2D eigenvalue weighted by atomic mass is 9.82. The molecule has 190 valence electrons. The molecule has 1 aromatic heterocycles. The maximum atomic E-state index is 13.8. The molecule has 1 saturated heterocycles. The van der Waals surface area contributed by atoms with E-state index in [0.717, 1.165) is 25.1 Å². The lowest BCUT2D eigenvalue weighted by Crippen LogP contribution is -2.37. The Balaban J connectivity index is 2.02. The molecule has 0 radical (unpaired) electrons. The van der Waals surface area contributed by atoms with Crippen LogP contribution in [0, 0.1) is 0 Å². The Kier molecular flexibility index (Phi) is 7.56. The van der Waals surface area contributed by atoms with Crippen molar-refractivity contribution < 1.29 is 41.0 Å². The number of benzene rings is 1. The van der Waals surface area contributed by atoms with Crippen molar-refractivity contribution in [1.29, 1.82) is 0 Å². The number of carboxylic acids is 1. The number of hydrogen-bond donors (Lipinski definition) is 2. The van der Waals surface area contributed by atoms with E-state index in [9.17, 15) is 31.2 Å². The number of nitrogens with one attached hydrogen (secondary N) is 1. The number of nitrogens with zero attached hydrogens (tertiary/aromatic N) is 1. The molecule has 0 aliphatic carbocycles. The molecule has 2 heterocycles. The van der Waals surface area contributed by atoms with E-state index in [1.807, 2.05) is 0 Å². The highest BCUT2D eigenvalue weighted by Crippen LogP contribution is 2.40. The van der Waals surface area contributed by atoms with Gasteiger partial charge < -0.3 is 15.2 Å². The average molecular weight is 515 g/mol. The first-order chi connectivity index (χ1) is 16.2. The fourth-order valence-corrected chi connectivity index (χ4v) is 4.95. The molecule has 2 N–H and O–H groups in total. The predicted molar refractivity (Wildman–Crippen MR) is 120 cm³/mol. The number of halogens is 3. The molecule has 1 aliphatic rings. The summed E-state index contributed by atoms with van der Waals surface area (Å²) in [4.78, 5) is 27.3. The zero-order chi connectivity index (χ0) is 26.0. The van der Waals surface area contributed by atoms with E-state index in [-0.39, 0.29) is 23.4 Å². The number of anilines is 1. The van der Waals surface area contributed by atoms with E-state index in [0.29, 0.717) is 25.3 Å². The van der Waals surface area contributed by atoms with Crippen LogP contribution in [-0.4, -0.2) is 48.8 Å². The number of amides is 1. The maximum Gasteiger partial charge on any atom is 0.417 e. The molecule has 1 aromatic carbocycles. The first-order valence-corrected chi connectivity index (χ1v) is 12.6. The first kappa shape index (κ1) is 26.6. The quantitative estimate of drug-likeness (QED) is 0.566. The highest BCUT2D eigenvalue weighted by atomic mass is 32.2. The predicted octanol–water partition coefficient (Wildman–Crippen LogP) is 4.27. The molecular formula is C23H25F3N2O6S. The summed E-state index contributed by atoms with van der Waals surface area (Å²) in [5.41, 5.74) is -2.27. The van der Waals surface area contributed by atoms with Crippen molar-refractivity contribution in [2.75, 3.05) is 18.2 Å². The summed E-state index contributed by atoms with van der Waals surface area (Å²) in [6, 6.07) is 5.24. The monoisotopic (exact) mass is 514 g/mol. The second kappa shape index (κ2) is 9.94. The summed E-state index contributed by atoms with van der Waals surface area (Å²) < 4.78 is 71.0. The molecule has 1 amide bonds. The van der Waals surface area contributed by atoms with Gasteiger partial charge in [0.1, 0.15) is 5.82 Å². The van der Waals surface area contributed by atoms with Gasteiger partial charge in [0.15, 0.2) is 9.84 Å². The maximum absolute atomic E-state index is 13.8. The van der Waals surface area contributed by atoms with E-state index in [2.05, 4.69) is 10.3 Å². The fraction of sp³-hybridized carbons (Fsp3) is 0.435. The number of alkyl halides is 3. The number of ether oxygens (including phenoxy) is 1. The summed E-state index contributed by atoms with van der Waals surface area (Å²) in [5, 5.41) is 11.5. The summed E-state index contributed by atoms with van der Waals surface area (Å²) in [7, 11) is -4.18. The van der Waals surface area contributed by atoms with Gasteiger partial charge in [-0.3, -0.25) is 4.79 Å². The molecule has 1 aliphatic heterocycles. The van der Waals surface area contributed by atoms with Crippen LogP contribution in [0.1, 0.15) is 60.0 Å². The van der Waals surface area contributed by atoms with Crippen LogP contribution in [0.25, 0.3) is 0 Å². The summed E-state index contributed by atoms with van der Waals surface area (Å²) >= 11 is 0. The Bertz CT molecular complexity index is 1210. The van der Waals surface area contributed by atoms with E-state index in [4.69, 9.17) is 9.84 Å². The van der Waals surface area contributed by atoms with Crippen LogP contribution in [0.5, 0.6) is 0 Å². The lowest BCUT2D eigenvalue weighted by molar-refractivity contribution is -0.140. The third-order valence-electron chi connectivity index (χ3n) is 5.88. The molecule has 0 spiro atoms. The van der Waals surface area contributed by atoms with Crippen molar-refractivity contribution in [3.63, 3.8) is 0 Å². The SMILES string of the molecule is CC1(CC(C(=O)Nc2ccc(C(=O)O)cn2)c2ccc(S(C)(=O)=O)c(C(F)(F)F)c2)CCCCO1. The van der Waals surface area contributed by atoms with E-state index in [1.54, 1.807) is 6.92 Å². The van der Waals surface area contributed by atoms with Gasteiger partial charge in [0.05, 0.1) is 27.5 Å². The molecule has 2 atom stereocenters. The first-order valence-electron chi connectivity index (χ1n) is 10.7. The Morgan fingerprint density at radius 3 is 2.46 bits per heavy atom. The number of carboxylic acid groups (broad SMARTS) is 1. The van der Waals surface area contributed by atoms with Gasteiger partial charge in [-0.25, -0.2) is 18.2 Å². The molecule has 0 saturated carbocycles. The standard InChI is InChI=1S/C23H25F3N2O6S/c1-22(9-3-4-10-34-22)12-16(20(29)28-19-8-6-15(13-27-19)21(30)31)14-5-7-18(35(2,32)33)17(11-14)23(24,25)26/h5-8,11,13,16H,3-4,9-10,12H2,1-2H3,(H,30,31)(H,27,28,29). The van der Waals surface area contributed by atoms with Crippen molar-refractivity contribution in [3.8, 4) is 0 Å². The molecule has 2 aromatic rings. The lowest BCUT2D eigenvalue weighted by Gasteiger charge is -2.36. The van der Waals surface area contributed by atoms with Crippen LogP contribution >= 0.6 is 0 Å². The van der Waals surface area contributed by atoms with Crippen molar-refractivity contribution in [1.82, 2.24) is 4.98 Å². The van der Waals surface area contributed by atoms with Gasteiger partial charge >= 0.3 is 12.1 Å². The molecule has 0 bridgehead atoms. The Labute approximate surface area is 200 Å². The second-order valence-corrected chi connectivity index (χ2v) is 10.7. The summed E-state index contributed by atoms with van der Waals surface area (Å²) in [5.74, 6) is -3.00. The van der Waals surface area contributed by atoms with Crippen molar-refractivity contribution >= 4 is 27.5 Å². The molecule has 8 nitrogen and oxygen atoms in total. The van der Waals surface area contributed by atoms with Crippen LogP contribution in [0.3, 0.4) is 0 Å². The zero-order valence-electron chi connectivity index (χ0n) is 19.1. The van der Waals surface area contributed by atoms with Crippen molar-refractivity contribution in [2.24, 2.45) is 0 Å². The zero-order valence-corrected chi connectivity index (χ0v) is 19.9. The second-order valence-electron chi connectivity index (χ2n) is 8.76. The minimum atomic E-state index is -4.96. The minimum Gasteiger partial charge on any atom is -0.478 e. The summed E-state index contributed by atoms with van der Waals surface area (Å²) in [6.45, 7) is 2.23. The van der Waals surface area contributed by atoms with Crippen LogP contribution in [0.15, 0.2) is 41.4 Å². The highest BCUT2D eigenvalue weighted by Gasteiger charge is 2.39.